The van der Waals surface area contributed by atoms with Crippen LogP contribution in [0.5, 0.6) is 0 Å². The largest absolute Gasteiger partial charge is 0.466 e. The fourth-order valence-electron chi connectivity index (χ4n) is 2.59. The summed E-state index contributed by atoms with van der Waals surface area (Å²) in [6.07, 6.45) is 0. The summed E-state index contributed by atoms with van der Waals surface area (Å²) in [6, 6.07) is 16.2. The Hall–Kier alpha value is -2.88. The molecule has 0 fully saturated rings. The van der Waals surface area contributed by atoms with E-state index in [0.29, 0.717) is 17.8 Å². The maximum Gasteiger partial charge on any atom is 0.313 e. The number of furan rings is 1. The number of carbonyl (C=O) groups excluding carboxylic acids is 2. The van der Waals surface area contributed by atoms with Crippen LogP contribution in [0.15, 0.2) is 59.0 Å². The number of rotatable bonds is 5. The molecule has 4 heteroatoms. The molecule has 2 aromatic carbocycles. The minimum Gasteiger partial charge on any atom is -0.466 e. The lowest BCUT2D eigenvalue weighted by Gasteiger charge is -2.11. The van der Waals surface area contributed by atoms with Gasteiger partial charge < -0.3 is 9.15 Å². The lowest BCUT2D eigenvalue weighted by atomic mass is 9.97. The number of ketones is 1. The molecular formula is C20H18O4. The molecule has 1 atom stereocenters. The second-order valence-electron chi connectivity index (χ2n) is 5.58. The highest BCUT2D eigenvalue weighted by molar-refractivity contribution is 6.09. The van der Waals surface area contributed by atoms with Crippen molar-refractivity contribution in [2.24, 2.45) is 0 Å². The van der Waals surface area contributed by atoms with Crippen LogP contribution in [0.3, 0.4) is 0 Å². The Balaban J connectivity index is 1.90. The van der Waals surface area contributed by atoms with Crippen molar-refractivity contribution in [1.82, 2.24) is 0 Å². The van der Waals surface area contributed by atoms with Gasteiger partial charge in [-0.3, -0.25) is 9.59 Å². The van der Waals surface area contributed by atoms with E-state index in [9.17, 15) is 9.59 Å². The normalized spacial score (nSPS) is 12.1. The average molecular weight is 322 g/mol. The number of esters is 1. The van der Waals surface area contributed by atoms with Crippen molar-refractivity contribution < 1.29 is 18.7 Å². The van der Waals surface area contributed by atoms with Crippen LogP contribution in [0, 0.1) is 0 Å². The third-order valence-corrected chi connectivity index (χ3v) is 3.94. The Morgan fingerprint density at radius 3 is 2.62 bits per heavy atom. The predicted octanol–water partition coefficient (Wildman–Crippen LogP) is 4.33. The van der Waals surface area contributed by atoms with Crippen LogP contribution >= 0.6 is 0 Å². The molecule has 0 saturated heterocycles. The lowest BCUT2D eigenvalue weighted by Crippen LogP contribution is -2.13. The van der Waals surface area contributed by atoms with Crippen molar-refractivity contribution >= 4 is 22.7 Å². The number of fused-ring (bicyclic) bond motifs is 1. The molecule has 0 spiro atoms. The molecule has 4 nitrogen and oxygen atoms in total. The van der Waals surface area contributed by atoms with Gasteiger partial charge in [0.2, 0.25) is 5.78 Å². The lowest BCUT2D eigenvalue weighted by molar-refractivity contribution is -0.144. The minimum absolute atomic E-state index is 0.205. The number of hydrogen-bond acceptors (Lipinski definition) is 4. The van der Waals surface area contributed by atoms with Crippen LogP contribution in [-0.4, -0.2) is 18.4 Å². The summed E-state index contributed by atoms with van der Waals surface area (Å²) in [5.41, 5.74) is 1.91. The number of benzene rings is 2. The number of para-hydroxylation sites is 1. The smallest absolute Gasteiger partial charge is 0.313 e. The first-order valence-electron chi connectivity index (χ1n) is 7.90. The number of hydrogen-bond donors (Lipinski definition) is 0. The summed E-state index contributed by atoms with van der Waals surface area (Å²) < 4.78 is 10.7. The van der Waals surface area contributed by atoms with Crippen molar-refractivity contribution in [1.29, 1.82) is 0 Å². The van der Waals surface area contributed by atoms with E-state index < -0.39 is 5.92 Å². The molecule has 122 valence electrons. The zero-order chi connectivity index (χ0) is 17.1. The maximum atomic E-state index is 12.7. The fourth-order valence-corrected chi connectivity index (χ4v) is 2.59. The molecule has 0 aliphatic rings. The molecule has 0 amide bonds. The predicted molar refractivity (Wildman–Crippen MR) is 91.1 cm³/mol. The monoisotopic (exact) mass is 322 g/mol. The SMILES string of the molecule is CCOC(=O)C(C)c1cccc(C(=O)c2cc3ccccc3o2)c1. The zero-order valence-electron chi connectivity index (χ0n) is 13.6. The molecular weight excluding hydrogens is 304 g/mol. The summed E-state index contributed by atoms with van der Waals surface area (Å²) >= 11 is 0. The Kier molecular flexibility index (Phi) is 4.47. The van der Waals surface area contributed by atoms with Crippen LogP contribution in [0.2, 0.25) is 0 Å². The van der Waals surface area contributed by atoms with Gasteiger partial charge in [-0.05, 0) is 37.6 Å². The molecule has 0 N–H and O–H groups in total. The van der Waals surface area contributed by atoms with Gasteiger partial charge in [0.05, 0.1) is 12.5 Å². The van der Waals surface area contributed by atoms with Crippen LogP contribution < -0.4 is 0 Å². The van der Waals surface area contributed by atoms with Crippen molar-refractivity contribution in [3.05, 3.63) is 71.5 Å². The van der Waals surface area contributed by atoms with E-state index in [1.54, 1.807) is 38.1 Å². The van der Waals surface area contributed by atoms with E-state index in [1.807, 2.05) is 30.3 Å². The van der Waals surface area contributed by atoms with Crippen molar-refractivity contribution in [2.45, 2.75) is 19.8 Å². The Morgan fingerprint density at radius 2 is 1.88 bits per heavy atom. The number of ether oxygens (including phenoxy) is 1. The highest BCUT2D eigenvalue weighted by Gasteiger charge is 2.19. The molecule has 3 aromatic rings. The summed E-state index contributed by atoms with van der Waals surface area (Å²) in [6.45, 7) is 3.87. The molecule has 1 aromatic heterocycles. The minimum atomic E-state index is -0.423. The second-order valence-corrected chi connectivity index (χ2v) is 5.58. The molecule has 24 heavy (non-hydrogen) atoms. The fraction of sp³-hybridized carbons (Fsp3) is 0.200. The van der Waals surface area contributed by atoms with E-state index in [0.717, 1.165) is 10.9 Å². The average Bonchev–Trinajstić information content (AvgIpc) is 3.05. The van der Waals surface area contributed by atoms with Gasteiger partial charge in [-0.2, -0.15) is 0 Å². The van der Waals surface area contributed by atoms with Crippen molar-refractivity contribution in [3.8, 4) is 0 Å². The topological polar surface area (TPSA) is 56.5 Å². The molecule has 0 radical (unpaired) electrons. The molecule has 0 saturated carbocycles. The molecule has 1 unspecified atom stereocenters. The standard InChI is InChI=1S/C20H18O4/c1-3-23-20(22)13(2)14-8-6-9-16(11-14)19(21)18-12-15-7-4-5-10-17(15)24-18/h4-13H,3H2,1-2H3. The second kappa shape index (κ2) is 6.71. The van der Waals surface area contributed by atoms with Gasteiger partial charge in [0, 0.05) is 10.9 Å². The van der Waals surface area contributed by atoms with E-state index in [1.165, 1.54) is 0 Å². The summed E-state index contributed by atoms with van der Waals surface area (Å²) in [5.74, 6) is -0.638. The molecule has 0 aliphatic heterocycles. The van der Waals surface area contributed by atoms with Gasteiger partial charge in [0.15, 0.2) is 5.76 Å². The zero-order valence-corrected chi connectivity index (χ0v) is 13.6. The summed E-state index contributed by atoms with van der Waals surface area (Å²) in [4.78, 5) is 24.6. The van der Waals surface area contributed by atoms with E-state index in [2.05, 4.69) is 0 Å². The van der Waals surface area contributed by atoms with E-state index in [4.69, 9.17) is 9.15 Å². The van der Waals surface area contributed by atoms with Crippen LogP contribution in [0.1, 0.15) is 41.4 Å². The van der Waals surface area contributed by atoms with Gasteiger partial charge in [-0.15, -0.1) is 0 Å². The van der Waals surface area contributed by atoms with Crippen LogP contribution in [0.25, 0.3) is 11.0 Å². The highest BCUT2D eigenvalue weighted by atomic mass is 16.5. The van der Waals surface area contributed by atoms with Gasteiger partial charge in [-0.1, -0.05) is 36.4 Å². The first-order chi connectivity index (χ1) is 11.6. The maximum absolute atomic E-state index is 12.7. The van der Waals surface area contributed by atoms with Crippen molar-refractivity contribution in [3.63, 3.8) is 0 Å². The van der Waals surface area contributed by atoms with Gasteiger partial charge in [0.25, 0.3) is 0 Å². The Bertz CT molecular complexity index is 858. The summed E-state index contributed by atoms with van der Waals surface area (Å²) in [7, 11) is 0. The van der Waals surface area contributed by atoms with Crippen molar-refractivity contribution in [2.75, 3.05) is 6.61 Å². The van der Waals surface area contributed by atoms with Gasteiger partial charge in [0.1, 0.15) is 5.58 Å². The molecule has 1 heterocycles. The molecule has 3 rings (SSSR count). The summed E-state index contributed by atoms with van der Waals surface area (Å²) in [5, 5.41) is 0.886. The van der Waals surface area contributed by atoms with Gasteiger partial charge >= 0.3 is 5.97 Å². The quantitative estimate of drug-likeness (QED) is 0.518. The van der Waals surface area contributed by atoms with Gasteiger partial charge in [-0.25, -0.2) is 0 Å². The van der Waals surface area contributed by atoms with E-state index >= 15 is 0 Å². The third-order valence-electron chi connectivity index (χ3n) is 3.94. The first-order valence-corrected chi connectivity index (χ1v) is 7.90. The molecule has 0 bridgehead atoms. The Labute approximate surface area is 140 Å². The van der Waals surface area contributed by atoms with E-state index in [-0.39, 0.29) is 17.5 Å². The molecule has 0 aliphatic carbocycles. The first kappa shape index (κ1) is 16.0. The van der Waals surface area contributed by atoms with Crippen LogP contribution in [0.4, 0.5) is 0 Å². The number of carbonyl (C=O) groups is 2. The highest BCUT2D eigenvalue weighted by Crippen LogP contribution is 2.23. The Morgan fingerprint density at radius 1 is 1.08 bits per heavy atom. The third kappa shape index (κ3) is 3.08. The van der Waals surface area contributed by atoms with Crippen LogP contribution in [-0.2, 0) is 9.53 Å².